The SMILES string of the molecule is CC(NC(=O)OC(C)(C)C)C(=O)NC[C@H]1CN(c2ccc(N3CCNCC3)c(F)c2)C(=O)O1. The van der Waals surface area contributed by atoms with Crippen LogP contribution in [0.3, 0.4) is 0 Å². The van der Waals surface area contributed by atoms with Crippen molar-refractivity contribution in [3.8, 4) is 0 Å². The van der Waals surface area contributed by atoms with Crippen molar-refractivity contribution >= 4 is 29.5 Å². The van der Waals surface area contributed by atoms with E-state index >= 15 is 0 Å². The fourth-order valence-electron chi connectivity index (χ4n) is 3.58. The largest absolute Gasteiger partial charge is 0.444 e. The summed E-state index contributed by atoms with van der Waals surface area (Å²) in [6, 6.07) is 3.85. The van der Waals surface area contributed by atoms with E-state index in [0.29, 0.717) is 24.5 Å². The van der Waals surface area contributed by atoms with Gasteiger partial charge in [0, 0.05) is 26.2 Å². The summed E-state index contributed by atoms with van der Waals surface area (Å²) in [6.45, 7) is 9.93. The van der Waals surface area contributed by atoms with Gasteiger partial charge in [-0.1, -0.05) is 0 Å². The second-order valence-electron chi connectivity index (χ2n) is 9.10. The predicted molar refractivity (Wildman–Crippen MR) is 121 cm³/mol. The van der Waals surface area contributed by atoms with E-state index in [1.165, 1.54) is 17.9 Å². The van der Waals surface area contributed by atoms with Crippen molar-refractivity contribution in [2.24, 2.45) is 0 Å². The fraction of sp³-hybridized carbons (Fsp3) is 0.591. The van der Waals surface area contributed by atoms with Gasteiger partial charge in [0.05, 0.1) is 24.5 Å². The van der Waals surface area contributed by atoms with Crippen molar-refractivity contribution in [1.82, 2.24) is 16.0 Å². The van der Waals surface area contributed by atoms with Crippen LogP contribution in [0.1, 0.15) is 27.7 Å². The molecule has 0 aromatic heterocycles. The van der Waals surface area contributed by atoms with Gasteiger partial charge in [0.1, 0.15) is 23.6 Å². The number of carbonyl (C=O) groups is 3. The molecular weight excluding hydrogens is 433 g/mol. The van der Waals surface area contributed by atoms with Gasteiger partial charge in [-0.25, -0.2) is 14.0 Å². The normalized spacial score (nSPS) is 19.7. The zero-order valence-corrected chi connectivity index (χ0v) is 19.4. The lowest BCUT2D eigenvalue weighted by atomic mass is 10.2. The Kier molecular flexibility index (Phi) is 7.62. The summed E-state index contributed by atoms with van der Waals surface area (Å²) in [5, 5.41) is 8.33. The second kappa shape index (κ2) is 10.2. The van der Waals surface area contributed by atoms with Gasteiger partial charge >= 0.3 is 12.2 Å². The molecule has 2 atom stereocenters. The van der Waals surface area contributed by atoms with Crippen LogP contribution in [0.4, 0.5) is 25.4 Å². The number of hydrogen-bond donors (Lipinski definition) is 3. The number of piperazine rings is 1. The van der Waals surface area contributed by atoms with Crippen molar-refractivity contribution in [3.63, 3.8) is 0 Å². The Morgan fingerprint density at radius 1 is 1.30 bits per heavy atom. The Labute approximate surface area is 192 Å². The average molecular weight is 466 g/mol. The number of anilines is 2. The molecule has 1 aromatic rings. The number of carbonyl (C=O) groups excluding carboxylic acids is 3. The van der Waals surface area contributed by atoms with Crippen molar-refractivity contribution in [1.29, 1.82) is 0 Å². The average Bonchev–Trinajstić information content (AvgIpc) is 3.11. The third kappa shape index (κ3) is 6.70. The maximum Gasteiger partial charge on any atom is 0.414 e. The van der Waals surface area contributed by atoms with E-state index in [1.54, 1.807) is 32.9 Å². The first-order chi connectivity index (χ1) is 15.5. The molecule has 33 heavy (non-hydrogen) atoms. The van der Waals surface area contributed by atoms with Gasteiger partial charge in [0.25, 0.3) is 0 Å². The molecule has 3 amide bonds. The summed E-state index contributed by atoms with van der Waals surface area (Å²) in [5.41, 5.74) is 0.220. The van der Waals surface area contributed by atoms with Crippen LogP contribution >= 0.6 is 0 Å². The number of benzene rings is 1. The lowest BCUT2D eigenvalue weighted by Crippen LogP contribution is -2.48. The Hall–Kier alpha value is -3.08. The summed E-state index contributed by atoms with van der Waals surface area (Å²) in [7, 11) is 0. The molecule has 0 saturated carbocycles. The highest BCUT2D eigenvalue weighted by Crippen LogP contribution is 2.28. The quantitative estimate of drug-likeness (QED) is 0.585. The Balaban J connectivity index is 1.51. The lowest BCUT2D eigenvalue weighted by molar-refractivity contribution is -0.123. The van der Waals surface area contributed by atoms with Gasteiger partial charge < -0.3 is 30.3 Å². The first-order valence-electron chi connectivity index (χ1n) is 11.0. The van der Waals surface area contributed by atoms with Gasteiger partial charge in [-0.2, -0.15) is 0 Å². The number of alkyl carbamates (subject to hydrolysis) is 1. The molecular formula is C22H32FN5O5. The molecule has 182 valence electrons. The number of hydrogen-bond acceptors (Lipinski definition) is 7. The van der Waals surface area contributed by atoms with Gasteiger partial charge in [-0.3, -0.25) is 9.69 Å². The molecule has 0 bridgehead atoms. The molecule has 3 rings (SSSR count). The van der Waals surface area contributed by atoms with Crippen LogP contribution in [0, 0.1) is 5.82 Å². The van der Waals surface area contributed by atoms with Gasteiger partial charge in [0.15, 0.2) is 0 Å². The van der Waals surface area contributed by atoms with Crippen LogP contribution in [0.5, 0.6) is 0 Å². The van der Waals surface area contributed by atoms with Crippen molar-refractivity contribution in [2.45, 2.75) is 45.4 Å². The summed E-state index contributed by atoms with van der Waals surface area (Å²) in [4.78, 5) is 39.7. The second-order valence-corrected chi connectivity index (χ2v) is 9.10. The van der Waals surface area contributed by atoms with Crippen LogP contribution in [0.15, 0.2) is 18.2 Å². The highest BCUT2D eigenvalue weighted by Gasteiger charge is 2.33. The first kappa shape index (κ1) is 24.6. The molecule has 2 saturated heterocycles. The zero-order valence-electron chi connectivity index (χ0n) is 19.4. The standard InChI is InChI=1S/C22H32FN5O5/c1-14(26-20(30)33-22(2,3)4)19(29)25-12-16-13-28(21(31)32-16)15-5-6-18(17(23)11-15)27-9-7-24-8-10-27/h5-6,11,14,16,24H,7-10,12-13H2,1-4H3,(H,25,29)(H,26,30)/t14?,16-/m0/s1. The lowest BCUT2D eigenvalue weighted by Gasteiger charge is -2.30. The van der Waals surface area contributed by atoms with Crippen molar-refractivity contribution < 1.29 is 28.2 Å². The highest BCUT2D eigenvalue weighted by molar-refractivity contribution is 5.90. The zero-order chi connectivity index (χ0) is 24.2. The molecule has 1 unspecified atom stereocenters. The Morgan fingerprint density at radius 2 is 2.00 bits per heavy atom. The smallest absolute Gasteiger partial charge is 0.414 e. The summed E-state index contributed by atoms with van der Waals surface area (Å²) in [6.07, 6.45) is -1.91. The molecule has 2 aliphatic heterocycles. The van der Waals surface area contributed by atoms with E-state index in [0.717, 1.165) is 13.1 Å². The number of nitrogens with one attached hydrogen (secondary N) is 3. The molecule has 0 spiro atoms. The van der Waals surface area contributed by atoms with E-state index in [2.05, 4.69) is 16.0 Å². The number of amides is 3. The van der Waals surface area contributed by atoms with Gasteiger partial charge in [0.2, 0.25) is 5.91 Å². The van der Waals surface area contributed by atoms with Crippen LogP contribution in [-0.2, 0) is 14.3 Å². The highest BCUT2D eigenvalue weighted by atomic mass is 19.1. The van der Waals surface area contributed by atoms with Gasteiger partial charge in [-0.15, -0.1) is 0 Å². The number of cyclic esters (lactones) is 1. The number of nitrogens with zero attached hydrogens (tertiary/aromatic N) is 2. The fourth-order valence-corrected chi connectivity index (χ4v) is 3.58. The van der Waals surface area contributed by atoms with E-state index in [9.17, 15) is 18.8 Å². The number of halogens is 1. The van der Waals surface area contributed by atoms with E-state index in [1.807, 2.05) is 4.90 Å². The number of ether oxygens (including phenoxy) is 2. The monoisotopic (exact) mass is 465 g/mol. The molecule has 2 fully saturated rings. The molecule has 3 N–H and O–H groups in total. The topological polar surface area (TPSA) is 112 Å². The first-order valence-corrected chi connectivity index (χ1v) is 11.0. The molecule has 11 heteroatoms. The molecule has 0 aliphatic carbocycles. The molecule has 0 radical (unpaired) electrons. The summed E-state index contributed by atoms with van der Waals surface area (Å²) in [5.74, 6) is -0.845. The summed E-state index contributed by atoms with van der Waals surface area (Å²) >= 11 is 0. The van der Waals surface area contributed by atoms with E-state index < -0.39 is 41.7 Å². The predicted octanol–water partition coefficient (Wildman–Crippen LogP) is 1.59. The van der Waals surface area contributed by atoms with Crippen molar-refractivity contribution in [2.75, 3.05) is 49.1 Å². The molecule has 2 aliphatic rings. The van der Waals surface area contributed by atoms with Crippen molar-refractivity contribution in [3.05, 3.63) is 24.0 Å². The minimum atomic E-state index is -0.834. The van der Waals surface area contributed by atoms with Gasteiger partial charge in [-0.05, 0) is 45.9 Å². The maximum absolute atomic E-state index is 14.7. The van der Waals surface area contributed by atoms with Crippen LogP contribution in [0.2, 0.25) is 0 Å². The van der Waals surface area contributed by atoms with Crippen LogP contribution in [0.25, 0.3) is 0 Å². The van der Waals surface area contributed by atoms with E-state index in [-0.39, 0.29) is 13.1 Å². The van der Waals surface area contributed by atoms with E-state index in [4.69, 9.17) is 9.47 Å². The molecule has 10 nitrogen and oxygen atoms in total. The Bertz CT molecular complexity index is 884. The minimum absolute atomic E-state index is 0.0583. The Morgan fingerprint density at radius 3 is 2.64 bits per heavy atom. The third-order valence-corrected chi connectivity index (χ3v) is 5.21. The minimum Gasteiger partial charge on any atom is -0.444 e. The number of rotatable bonds is 6. The van der Waals surface area contributed by atoms with Crippen LogP contribution in [-0.4, -0.2) is 75.1 Å². The third-order valence-electron chi connectivity index (χ3n) is 5.21. The van der Waals surface area contributed by atoms with Crippen LogP contribution < -0.4 is 25.8 Å². The summed E-state index contributed by atoms with van der Waals surface area (Å²) < 4.78 is 25.2. The molecule has 1 aromatic carbocycles. The maximum atomic E-state index is 14.7. The molecule has 2 heterocycles.